The third-order valence-electron chi connectivity index (χ3n) is 4.43. The summed E-state index contributed by atoms with van der Waals surface area (Å²) < 4.78 is 0. The van der Waals surface area contributed by atoms with E-state index in [2.05, 4.69) is 17.2 Å². The zero-order valence-corrected chi connectivity index (χ0v) is 15.3. The van der Waals surface area contributed by atoms with Gasteiger partial charge in [-0.25, -0.2) is 4.79 Å². The number of piperidine rings is 1. The second-order valence-electron chi connectivity index (χ2n) is 6.54. The van der Waals surface area contributed by atoms with Crippen LogP contribution in [0.1, 0.15) is 18.4 Å². The molecule has 0 bridgehead atoms. The van der Waals surface area contributed by atoms with Gasteiger partial charge in [-0.3, -0.25) is 9.59 Å². The van der Waals surface area contributed by atoms with E-state index >= 15 is 0 Å². The molecule has 1 aromatic carbocycles. The molecule has 2 N–H and O–H groups in total. The van der Waals surface area contributed by atoms with Crippen molar-refractivity contribution >= 4 is 23.5 Å². The van der Waals surface area contributed by atoms with Crippen molar-refractivity contribution in [1.29, 1.82) is 0 Å². The van der Waals surface area contributed by atoms with Gasteiger partial charge in [-0.15, -0.1) is 0 Å². The molecule has 7 nitrogen and oxygen atoms in total. The smallest absolute Gasteiger partial charge is 0.321 e. The van der Waals surface area contributed by atoms with Gasteiger partial charge in [0.05, 0.1) is 0 Å². The molecule has 1 aliphatic rings. The van der Waals surface area contributed by atoms with Crippen LogP contribution >= 0.6 is 0 Å². The number of amides is 4. The van der Waals surface area contributed by atoms with Crippen LogP contribution in [0.4, 0.5) is 10.5 Å². The zero-order valence-electron chi connectivity index (χ0n) is 15.3. The topological polar surface area (TPSA) is 81.8 Å². The van der Waals surface area contributed by atoms with Crippen LogP contribution in [0.2, 0.25) is 0 Å². The molecular formula is C19H26N4O3. The highest BCUT2D eigenvalue weighted by molar-refractivity contribution is 5.89. The van der Waals surface area contributed by atoms with E-state index in [4.69, 9.17) is 0 Å². The summed E-state index contributed by atoms with van der Waals surface area (Å²) in [6.07, 6.45) is 2.65. The Morgan fingerprint density at radius 3 is 2.35 bits per heavy atom. The Kier molecular flexibility index (Phi) is 6.77. The van der Waals surface area contributed by atoms with Crippen molar-refractivity contribution in [2.45, 2.75) is 19.4 Å². The molecule has 26 heavy (non-hydrogen) atoms. The molecule has 7 heteroatoms. The highest BCUT2D eigenvalue weighted by Crippen LogP contribution is 2.18. The van der Waals surface area contributed by atoms with Crippen molar-refractivity contribution in [2.24, 2.45) is 5.92 Å². The number of benzene rings is 1. The van der Waals surface area contributed by atoms with Crippen molar-refractivity contribution < 1.29 is 14.4 Å². The normalized spacial score (nSPS) is 14.5. The largest absolute Gasteiger partial charge is 0.352 e. The average molecular weight is 358 g/mol. The lowest BCUT2D eigenvalue weighted by Crippen LogP contribution is -2.42. The Balaban J connectivity index is 1.78. The lowest BCUT2D eigenvalue weighted by molar-refractivity contribution is -0.132. The molecular weight excluding hydrogens is 332 g/mol. The molecule has 140 valence electrons. The molecule has 0 atom stereocenters. The summed E-state index contributed by atoms with van der Waals surface area (Å²) in [5.74, 6) is -0.131. The fourth-order valence-corrected chi connectivity index (χ4v) is 2.77. The quantitative estimate of drug-likeness (QED) is 0.788. The van der Waals surface area contributed by atoms with E-state index in [1.807, 2.05) is 24.3 Å². The van der Waals surface area contributed by atoms with Crippen LogP contribution in [0.15, 0.2) is 36.9 Å². The maximum Gasteiger partial charge on any atom is 0.321 e. The lowest BCUT2D eigenvalue weighted by Gasteiger charge is -2.30. The molecule has 1 saturated heterocycles. The van der Waals surface area contributed by atoms with E-state index in [9.17, 15) is 14.4 Å². The van der Waals surface area contributed by atoms with E-state index in [-0.39, 0.29) is 23.8 Å². The predicted octanol–water partition coefficient (Wildman–Crippen LogP) is 1.82. The molecule has 4 amide bonds. The number of likely N-dealkylation sites (tertiary alicyclic amines) is 1. The van der Waals surface area contributed by atoms with Gasteiger partial charge < -0.3 is 20.4 Å². The SMILES string of the molecule is C=CC(=O)N1CCC(C(=O)NCc2ccc(NC(=O)N(C)C)cc2)CC1. The molecule has 2 rings (SSSR count). The Bertz CT molecular complexity index is 662. The predicted molar refractivity (Wildman–Crippen MR) is 100 cm³/mol. The highest BCUT2D eigenvalue weighted by atomic mass is 16.2. The number of carbonyl (C=O) groups excluding carboxylic acids is 3. The Hall–Kier alpha value is -2.83. The maximum absolute atomic E-state index is 12.3. The van der Waals surface area contributed by atoms with E-state index < -0.39 is 0 Å². The van der Waals surface area contributed by atoms with Crippen LogP contribution in [-0.4, -0.2) is 54.8 Å². The van der Waals surface area contributed by atoms with Gasteiger partial charge in [0.1, 0.15) is 0 Å². The Morgan fingerprint density at radius 2 is 1.81 bits per heavy atom. The van der Waals surface area contributed by atoms with Crippen molar-refractivity contribution in [2.75, 3.05) is 32.5 Å². The van der Waals surface area contributed by atoms with Crippen molar-refractivity contribution in [3.8, 4) is 0 Å². The fraction of sp³-hybridized carbons (Fsp3) is 0.421. The number of rotatable bonds is 5. The minimum absolute atomic E-state index is 0.0145. The van der Waals surface area contributed by atoms with Crippen molar-refractivity contribution in [3.05, 3.63) is 42.5 Å². The number of carbonyl (C=O) groups is 3. The molecule has 0 saturated carbocycles. The first-order valence-corrected chi connectivity index (χ1v) is 8.67. The van der Waals surface area contributed by atoms with E-state index in [1.54, 1.807) is 19.0 Å². The highest BCUT2D eigenvalue weighted by Gasteiger charge is 2.26. The molecule has 1 aromatic rings. The summed E-state index contributed by atoms with van der Waals surface area (Å²) >= 11 is 0. The standard InChI is InChI=1S/C19H26N4O3/c1-4-17(24)23-11-9-15(10-12-23)18(25)20-13-14-5-7-16(8-6-14)21-19(26)22(2)3/h4-8,15H,1,9-13H2,2-3H3,(H,20,25)(H,21,26). The summed E-state index contributed by atoms with van der Waals surface area (Å²) in [7, 11) is 3.36. The molecule has 0 unspecified atom stereocenters. The molecule has 1 fully saturated rings. The summed E-state index contributed by atoms with van der Waals surface area (Å²) in [4.78, 5) is 38.7. The first-order valence-electron chi connectivity index (χ1n) is 8.67. The van der Waals surface area contributed by atoms with Gasteiger partial charge in [-0.05, 0) is 36.6 Å². The van der Waals surface area contributed by atoms with Crippen LogP contribution in [0, 0.1) is 5.92 Å². The van der Waals surface area contributed by atoms with Gasteiger partial charge in [0.2, 0.25) is 11.8 Å². The molecule has 1 heterocycles. The van der Waals surface area contributed by atoms with E-state index in [0.29, 0.717) is 38.2 Å². The first kappa shape index (κ1) is 19.5. The fourth-order valence-electron chi connectivity index (χ4n) is 2.77. The van der Waals surface area contributed by atoms with Crippen LogP contribution in [0.3, 0.4) is 0 Å². The Labute approximate surface area is 154 Å². The summed E-state index contributed by atoms with van der Waals surface area (Å²) in [6.45, 7) is 5.10. The summed E-state index contributed by atoms with van der Waals surface area (Å²) in [5, 5.41) is 5.71. The number of urea groups is 1. The Morgan fingerprint density at radius 1 is 1.19 bits per heavy atom. The number of hydrogen-bond donors (Lipinski definition) is 2. The summed E-state index contributed by atoms with van der Waals surface area (Å²) in [6, 6.07) is 7.17. The maximum atomic E-state index is 12.3. The lowest BCUT2D eigenvalue weighted by atomic mass is 9.95. The van der Waals surface area contributed by atoms with Crippen LogP contribution in [-0.2, 0) is 16.1 Å². The third-order valence-corrected chi connectivity index (χ3v) is 4.43. The zero-order chi connectivity index (χ0) is 19.1. The number of hydrogen-bond acceptors (Lipinski definition) is 3. The van der Waals surface area contributed by atoms with Crippen molar-refractivity contribution in [3.63, 3.8) is 0 Å². The number of nitrogens with zero attached hydrogens (tertiary/aromatic N) is 2. The van der Waals surface area contributed by atoms with Gasteiger partial charge in [0.25, 0.3) is 0 Å². The van der Waals surface area contributed by atoms with Gasteiger partial charge in [-0.2, -0.15) is 0 Å². The number of nitrogens with one attached hydrogen (secondary N) is 2. The molecule has 0 spiro atoms. The second-order valence-corrected chi connectivity index (χ2v) is 6.54. The molecule has 0 aromatic heterocycles. The van der Waals surface area contributed by atoms with Crippen molar-refractivity contribution in [1.82, 2.24) is 15.1 Å². The number of anilines is 1. The summed E-state index contributed by atoms with van der Waals surface area (Å²) in [5.41, 5.74) is 1.67. The minimum Gasteiger partial charge on any atom is -0.352 e. The second kappa shape index (κ2) is 9.03. The average Bonchev–Trinajstić information content (AvgIpc) is 2.66. The minimum atomic E-state index is -0.188. The monoisotopic (exact) mass is 358 g/mol. The first-order chi connectivity index (χ1) is 12.4. The van der Waals surface area contributed by atoms with Crippen LogP contribution in [0.5, 0.6) is 0 Å². The van der Waals surface area contributed by atoms with Crippen LogP contribution < -0.4 is 10.6 Å². The van der Waals surface area contributed by atoms with E-state index in [1.165, 1.54) is 11.0 Å². The van der Waals surface area contributed by atoms with E-state index in [0.717, 1.165) is 5.56 Å². The molecule has 0 radical (unpaired) electrons. The van der Waals surface area contributed by atoms with Gasteiger partial charge in [0.15, 0.2) is 0 Å². The van der Waals surface area contributed by atoms with Gasteiger partial charge in [-0.1, -0.05) is 18.7 Å². The molecule has 0 aliphatic carbocycles. The molecule has 1 aliphatic heterocycles. The third kappa shape index (κ3) is 5.34. The van der Waals surface area contributed by atoms with Crippen LogP contribution in [0.25, 0.3) is 0 Å². The van der Waals surface area contributed by atoms with Gasteiger partial charge >= 0.3 is 6.03 Å². The van der Waals surface area contributed by atoms with Gasteiger partial charge in [0, 0.05) is 45.3 Å².